The van der Waals surface area contributed by atoms with Gasteiger partial charge in [-0.15, -0.1) is 0 Å². The number of amides is 1. The van der Waals surface area contributed by atoms with E-state index < -0.39 is 10.0 Å². The summed E-state index contributed by atoms with van der Waals surface area (Å²) in [5.74, 6) is 0.664. The van der Waals surface area contributed by atoms with E-state index >= 15 is 0 Å². The van der Waals surface area contributed by atoms with Crippen LogP contribution in [0.4, 0.5) is 5.69 Å². The molecule has 0 aliphatic carbocycles. The largest absolute Gasteiger partial charge is 0.492 e. The Balaban J connectivity index is 1.53. The number of morpholine rings is 1. The van der Waals surface area contributed by atoms with E-state index in [2.05, 4.69) is 20.4 Å². The Morgan fingerprint density at radius 2 is 2.00 bits per heavy atom. The first-order valence-electron chi connectivity index (χ1n) is 11.1. The molecule has 0 spiro atoms. The van der Waals surface area contributed by atoms with Gasteiger partial charge in [0, 0.05) is 30.9 Å². The monoisotopic (exact) mass is 488 g/mol. The zero-order chi connectivity index (χ0) is 24.3. The number of nitrogens with zero attached hydrogens (tertiary/aromatic N) is 5. The van der Waals surface area contributed by atoms with E-state index in [4.69, 9.17) is 9.47 Å². The van der Waals surface area contributed by atoms with E-state index in [9.17, 15) is 13.2 Å². The molecule has 0 radical (unpaired) electrons. The van der Waals surface area contributed by atoms with Gasteiger partial charge in [-0.05, 0) is 51.0 Å². The molecule has 2 aromatic heterocycles. The van der Waals surface area contributed by atoms with Crippen LogP contribution in [-0.2, 0) is 26.0 Å². The van der Waals surface area contributed by atoms with E-state index in [1.807, 2.05) is 20.8 Å². The first kappa shape index (κ1) is 24.0. The summed E-state index contributed by atoms with van der Waals surface area (Å²) >= 11 is 0. The van der Waals surface area contributed by atoms with Gasteiger partial charge in [0.05, 0.1) is 30.4 Å². The van der Waals surface area contributed by atoms with E-state index in [-0.39, 0.29) is 17.2 Å². The zero-order valence-corrected chi connectivity index (χ0v) is 20.3. The maximum absolute atomic E-state index is 13.1. The number of aromatic nitrogens is 4. The van der Waals surface area contributed by atoms with Gasteiger partial charge in [-0.1, -0.05) is 0 Å². The molecule has 3 heterocycles. The molecule has 12 heteroatoms. The summed E-state index contributed by atoms with van der Waals surface area (Å²) in [6.45, 7) is 7.28. The molecule has 3 aromatic rings. The van der Waals surface area contributed by atoms with Crippen LogP contribution in [0.3, 0.4) is 0 Å². The Hall–Kier alpha value is -3.09. The summed E-state index contributed by atoms with van der Waals surface area (Å²) in [6, 6.07) is 4.52. The predicted molar refractivity (Wildman–Crippen MR) is 124 cm³/mol. The van der Waals surface area contributed by atoms with Gasteiger partial charge in [-0.25, -0.2) is 17.9 Å². The number of aryl methyl sites for hydroxylation is 2. The van der Waals surface area contributed by atoms with Crippen molar-refractivity contribution in [2.75, 3.05) is 38.2 Å². The van der Waals surface area contributed by atoms with Crippen LogP contribution in [-0.4, -0.2) is 71.1 Å². The van der Waals surface area contributed by atoms with Crippen molar-refractivity contribution in [3.63, 3.8) is 0 Å². The van der Waals surface area contributed by atoms with Crippen molar-refractivity contribution in [1.82, 2.24) is 23.9 Å². The first-order valence-corrected chi connectivity index (χ1v) is 12.6. The van der Waals surface area contributed by atoms with Crippen molar-refractivity contribution in [2.24, 2.45) is 0 Å². The highest BCUT2D eigenvalue weighted by molar-refractivity contribution is 7.89. The quantitative estimate of drug-likeness (QED) is 0.508. The second-order valence-electron chi connectivity index (χ2n) is 7.89. The van der Waals surface area contributed by atoms with Gasteiger partial charge in [-0.3, -0.25) is 4.79 Å². The second kappa shape index (κ2) is 10.0. The summed E-state index contributed by atoms with van der Waals surface area (Å²) in [5, 5.41) is 7.00. The molecule has 1 N–H and O–H groups in total. The number of carbonyl (C=O) groups excluding carboxylic acids is 1. The van der Waals surface area contributed by atoms with Crippen LogP contribution in [0.1, 0.15) is 30.3 Å². The fourth-order valence-electron chi connectivity index (χ4n) is 3.95. The summed E-state index contributed by atoms with van der Waals surface area (Å²) < 4.78 is 40.0. The van der Waals surface area contributed by atoms with Gasteiger partial charge in [0.2, 0.25) is 15.9 Å². The molecule has 1 aromatic carbocycles. The van der Waals surface area contributed by atoms with Gasteiger partial charge in [-0.2, -0.15) is 14.4 Å². The number of fused-ring (bicyclic) bond motifs is 1. The third-order valence-electron chi connectivity index (χ3n) is 5.72. The Bertz CT molecular complexity index is 1300. The molecule has 1 amide bonds. The average molecular weight is 489 g/mol. The Kier molecular flexibility index (Phi) is 7.10. The van der Waals surface area contributed by atoms with Gasteiger partial charge >= 0.3 is 0 Å². The van der Waals surface area contributed by atoms with Crippen LogP contribution in [0.2, 0.25) is 0 Å². The van der Waals surface area contributed by atoms with Crippen LogP contribution in [0.15, 0.2) is 29.4 Å². The molecular formula is C22H28N6O5S. The summed E-state index contributed by atoms with van der Waals surface area (Å²) in [5.41, 5.74) is 2.90. The fourth-order valence-corrected chi connectivity index (χ4v) is 5.39. The number of sulfonamides is 1. The molecule has 34 heavy (non-hydrogen) atoms. The number of hydrogen-bond acceptors (Lipinski definition) is 8. The van der Waals surface area contributed by atoms with E-state index in [0.717, 1.165) is 17.0 Å². The van der Waals surface area contributed by atoms with Crippen LogP contribution in [0.5, 0.6) is 5.75 Å². The summed E-state index contributed by atoms with van der Waals surface area (Å²) in [6.07, 6.45) is 2.07. The van der Waals surface area contributed by atoms with Crippen molar-refractivity contribution in [3.8, 4) is 5.75 Å². The van der Waals surface area contributed by atoms with E-state index in [1.54, 1.807) is 10.6 Å². The van der Waals surface area contributed by atoms with Crippen molar-refractivity contribution in [3.05, 3.63) is 41.5 Å². The highest BCUT2D eigenvalue weighted by Crippen LogP contribution is 2.30. The van der Waals surface area contributed by atoms with Gasteiger partial charge in [0.15, 0.2) is 0 Å². The number of ether oxygens (including phenoxy) is 2. The molecule has 182 valence electrons. The van der Waals surface area contributed by atoms with Crippen molar-refractivity contribution >= 4 is 27.4 Å². The first-order chi connectivity index (χ1) is 16.3. The van der Waals surface area contributed by atoms with Crippen molar-refractivity contribution in [2.45, 2.75) is 38.5 Å². The summed E-state index contributed by atoms with van der Waals surface area (Å²) in [7, 11) is -3.71. The maximum Gasteiger partial charge on any atom is 0.252 e. The smallest absolute Gasteiger partial charge is 0.252 e. The Labute approximate surface area is 198 Å². The van der Waals surface area contributed by atoms with Gasteiger partial charge in [0.25, 0.3) is 5.78 Å². The van der Waals surface area contributed by atoms with E-state index in [1.165, 1.54) is 22.8 Å². The minimum atomic E-state index is -3.71. The lowest BCUT2D eigenvalue weighted by molar-refractivity contribution is -0.116. The number of carbonyl (C=O) groups is 1. The lowest BCUT2D eigenvalue weighted by Gasteiger charge is -2.26. The van der Waals surface area contributed by atoms with Crippen LogP contribution in [0.25, 0.3) is 5.78 Å². The van der Waals surface area contributed by atoms with Crippen LogP contribution in [0, 0.1) is 13.8 Å². The van der Waals surface area contributed by atoms with Crippen molar-refractivity contribution in [1.29, 1.82) is 0 Å². The standard InChI is InChI=1S/C22H28N6O5S/c1-4-33-20-7-5-17(34(30,31)27-9-11-32-12-10-27)13-19(20)26-21(29)8-6-18-15(2)25-22-23-14-24-28(22)16(18)3/h5,7,13-14H,4,6,8-12H2,1-3H3,(H,26,29). The zero-order valence-electron chi connectivity index (χ0n) is 19.4. The SMILES string of the molecule is CCOc1ccc(S(=O)(=O)N2CCOCC2)cc1NC(=O)CCc1c(C)nc2ncnn2c1C. The highest BCUT2D eigenvalue weighted by Gasteiger charge is 2.27. The third kappa shape index (κ3) is 4.88. The van der Waals surface area contributed by atoms with Crippen LogP contribution < -0.4 is 10.1 Å². The molecule has 0 saturated carbocycles. The number of hydrogen-bond donors (Lipinski definition) is 1. The minimum Gasteiger partial charge on any atom is -0.492 e. The lowest BCUT2D eigenvalue weighted by Crippen LogP contribution is -2.40. The van der Waals surface area contributed by atoms with Gasteiger partial charge in [0.1, 0.15) is 12.1 Å². The Morgan fingerprint density at radius 1 is 1.24 bits per heavy atom. The summed E-state index contributed by atoms with van der Waals surface area (Å²) in [4.78, 5) is 21.5. The number of anilines is 1. The normalized spacial score (nSPS) is 14.9. The second-order valence-corrected chi connectivity index (χ2v) is 9.83. The molecule has 11 nitrogen and oxygen atoms in total. The maximum atomic E-state index is 13.1. The number of benzene rings is 1. The molecule has 4 rings (SSSR count). The minimum absolute atomic E-state index is 0.0978. The topological polar surface area (TPSA) is 128 Å². The van der Waals surface area contributed by atoms with Crippen LogP contribution >= 0.6 is 0 Å². The third-order valence-corrected chi connectivity index (χ3v) is 7.62. The Morgan fingerprint density at radius 3 is 2.74 bits per heavy atom. The van der Waals surface area contributed by atoms with E-state index in [0.29, 0.717) is 56.5 Å². The molecule has 0 atom stereocenters. The molecule has 0 unspecified atom stereocenters. The average Bonchev–Trinajstić information content (AvgIpc) is 3.29. The molecule has 1 aliphatic rings. The lowest BCUT2D eigenvalue weighted by atomic mass is 10.1. The predicted octanol–water partition coefficient (Wildman–Crippen LogP) is 1.73. The molecular weight excluding hydrogens is 460 g/mol. The number of nitrogens with one attached hydrogen (secondary N) is 1. The molecule has 1 saturated heterocycles. The molecule has 0 bridgehead atoms. The fraction of sp³-hybridized carbons (Fsp3) is 0.455. The number of rotatable bonds is 8. The highest BCUT2D eigenvalue weighted by atomic mass is 32.2. The molecule has 1 fully saturated rings. The van der Waals surface area contributed by atoms with Crippen molar-refractivity contribution < 1.29 is 22.7 Å². The van der Waals surface area contributed by atoms with Gasteiger partial charge < -0.3 is 14.8 Å². The molecule has 1 aliphatic heterocycles.